The van der Waals surface area contributed by atoms with Gasteiger partial charge in [0.15, 0.2) is 6.61 Å². The Morgan fingerprint density at radius 3 is 2.68 bits per heavy atom. The molecule has 1 aromatic rings. The molecule has 1 aliphatic carbocycles. The molecule has 2 aliphatic heterocycles. The molecule has 3 fully saturated rings. The number of carbonyl (C=O) groups excluding carboxylic acids is 1. The zero-order valence-corrected chi connectivity index (χ0v) is 14.3. The highest BCUT2D eigenvalue weighted by Gasteiger charge is 2.54. The molecule has 25 heavy (non-hydrogen) atoms. The minimum Gasteiger partial charge on any atom is -0.484 e. The van der Waals surface area contributed by atoms with Crippen LogP contribution >= 0.6 is 0 Å². The number of likely N-dealkylation sites (tertiary alicyclic amines) is 1. The molecule has 1 unspecified atom stereocenters. The molecule has 2 heterocycles. The van der Waals surface area contributed by atoms with Crippen molar-refractivity contribution in [3.8, 4) is 5.75 Å². The quantitative estimate of drug-likeness (QED) is 0.758. The van der Waals surface area contributed by atoms with E-state index in [9.17, 15) is 9.18 Å². The molecular weight excluding hydrogens is 325 g/mol. The van der Waals surface area contributed by atoms with Crippen LogP contribution < -0.4 is 4.74 Å². The summed E-state index contributed by atoms with van der Waals surface area (Å²) in [4.78, 5) is 14.0. The van der Waals surface area contributed by atoms with E-state index in [4.69, 9.17) is 14.2 Å². The van der Waals surface area contributed by atoms with E-state index >= 15 is 0 Å². The lowest BCUT2D eigenvalue weighted by molar-refractivity contribution is -0.170. The van der Waals surface area contributed by atoms with Gasteiger partial charge in [0, 0.05) is 19.1 Å². The largest absolute Gasteiger partial charge is 0.484 e. The van der Waals surface area contributed by atoms with E-state index in [1.807, 2.05) is 0 Å². The number of carbonyl (C=O) groups is 1. The van der Waals surface area contributed by atoms with Gasteiger partial charge in [0.1, 0.15) is 17.2 Å². The molecule has 136 valence electrons. The van der Waals surface area contributed by atoms with E-state index < -0.39 is 0 Å². The second-order valence-electron chi connectivity index (χ2n) is 7.37. The maximum absolute atomic E-state index is 12.9. The summed E-state index contributed by atoms with van der Waals surface area (Å²) in [6.45, 7) is 3.51. The average molecular weight is 349 g/mol. The van der Waals surface area contributed by atoms with Crippen molar-refractivity contribution in [1.82, 2.24) is 4.90 Å². The van der Waals surface area contributed by atoms with Crippen LogP contribution in [0.4, 0.5) is 4.39 Å². The molecule has 1 saturated carbocycles. The van der Waals surface area contributed by atoms with Crippen LogP contribution in [0.3, 0.4) is 0 Å². The van der Waals surface area contributed by atoms with Gasteiger partial charge in [-0.2, -0.15) is 0 Å². The number of hydrogen-bond acceptors (Lipinski definition) is 4. The van der Waals surface area contributed by atoms with Crippen molar-refractivity contribution in [3.05, 3.63) is 30.1 Å². The first kappa shape index (κ1) is 16.8. The predicted octanol–water partition coefficient (Wildman–Crippen LogP) is 2.25. The Hall–Kier alpha value is -1.66. The third kappa shape index (κ3) is 3.80. The lowest BCUT2D eigenvalue weighted by atomic mass is 9.81. The molecule has 6 heteroatoms. The molecule has 2 saturated heterocycles. The number of nitrogens with zero attached hydrogens (tertiary/aromatic N) is 1. The Kier molecular flexibility index (Phi) is 4.65. The summed E-state index contributed by atoms with van der Waals surface area (Å²) < 4.78 is 30.1. The van der Waals surface area contributed by atoms with E-state index in [-0.39, 0.29) is 23.9 Å². The Labute approximate surface area is 147 Å². The molecule has 0 aromatic heterocycles. The molecule has 4 rings (SSSR count). The molecule has 1 spiro atoms. The summed E-state index contributed by atoms with van der Waals surface area (Å²) in [5, 5.41) is 0. The average Bonchev–Trinajstić information content (AvgIpc) is 3.30. The summed E-state index contributed by atoms with van der Waals surface area (Å²) in [6.07, 6.45) is 3.59. The molecular formula is C19H24FNO4. The number of ether oxygens (including phenoxy) is 3. The fourth-order valence-corrected chi connectivity index (χ4v) is 3.57. The molecule has 5 nitrogen and oxygen atoms in total. The number of hydrogen-bond donors (Lipinski definition) is 0. The van der Waals surface area contributed by atoms with E-state index in [1.54, 1.807) is 4.90 Å². The van der Waals surface area contributed by atoms with Gasteiger partial charge in [0.2, 0.25) is 0 Å². The van der Waals surface area contributed by atoms with Gasteiger partial charge in [-0.1, -0.05) is 0 Å². The van der Waals surface area contributed by atoms with Crippen molar-refractivity contribution < 1.29 is 23.4 Å². The summed E-state index contributed by atoms with van der Waals surface area (Å²) in [7, 11) is 0. The Balaban J connectivity index is 1.22. The number of rotatable bonds is 7. The Morgan fingerprint density at radius 1 is 1.20 bits per heavy atom. The Bertz CT molecular complexity index is 610. The van der Waals surface area contributed by atoms with Gasteiger partial charge in [-0.3, -0.25) is 4.79 Å². The van der Waals surface area contributed by atoms with Crippen molar-refractivity contribution in [3.63, 3.8) is 0 Å². The minimum absolute atomic E-state index is 0.0371. The molecule has 3 aliphatic rings. The number of benzene rings is 1. The van der Waals surface area contributed by atoms with Crippen LogP contribution in [0.15, 0.2) is 24.3 Å². The molecule has 1 atom stereocenters. The molecule has 1 amide bonds. The number of halogens is 1. The van der Waals surface area contributed by atoms with E-state index in [0.717, 1.165) is 32.2 Å². The van der Waals surface area contributed by atoms with E-state index in [2.05, 4.69) is 0 Å². The first-order chi connectivity index (χ1) is 12.1. The van der Waals surface area contributed by atoms with Gasteiger partial charge in [-0.15, -0.1) is 0 Å². The van der Waals surface area contributed by atoms with E-state index in [1.165, 1.54) is 37.1 Å². The maximum Gasteiger partial charge on any atom is 0.260 e. The monoisotopic (exact) mass is 349 g/mol. The van der Waals surface area contributed by atoms with Gasteiger partial charge in [-0.05, 0) is 49.4 Å². The SMILES string of the molecule is O=C(COc1ccc(F)cc1)N1CC2(C1)OCCC2COCC1CC1. The van der Waals surface area contributed by atoms with Crippen molar-refractivity contribution in [2.24, 2.45) is 11.8 Å². The predicted molar refractivity (Wildman–Crippen MR) is 88.8 cm³/mol. The smallest absolute Gasteiger partial charge is 0.260 e. The Morgan fingerprint density at radius 2 is 1.96 bits per heavy atom. The first-order valence-electron chi connectivity index (χ1n) is 9.02. The fraction of sp³-hybridized carbons (Fsp3) is 0.632. The zero-order chi connectivity index (χ0) is 17.3. The van der Waals surface area contributed by atoms with Crippen LogP contribution in [0.5, 0.6) is 5.75 Å². The highest BCUT2D eigenvalue weighted by atomic mass is 19.1. The maximum atomic E-state index is 12.9. The third-order valence-corrected chi connectivity index (χ3v) is 5.42. The first-order valence-corrected chi connectivity index (χ1v) is 9.02. The van der Waals surface area contributed by atoms with Crippen molar-refractivity contribution >= 4 is 5.91 Å². The molecule has 0 N–H and O–H groups in total. The summed E-state index contributed by atoms with van der Waals surface area (Å²) in [5.74, 6) is 1.24. The fourth-order valence-electron chi connectivity index (χ4n) is 3.57. The third-order valence-electron chi connectivity index (χ3n) is 5.42. The van der Waals surface area contributed by atoms with Crippen LogP contribution in [0.1, 0.15) is 19.3 Å². The van der Waals surface area contributed by atoms with Crippen LogP contribution in [0.25, 0.3) is 0 Å². The van der Waals surface area contributed by atoms with Gasteiger partial charge in [-0.25, -0.2) is 4.39 Å². The van der Waals surface area contributed by atoms with Gasteiger partial charge in [0.05, 0.1) is 19.7 Å². The second kappa shape index (κ2) is 6.92. The molecule has 1 aromatic carbocycles. The lowest BCUT2D eigenvalue weighted by Crippen LogP contribution is -2.67. The zero-order valence-electron chi connectivity index (χ0n) is 14.3. The standard InChI is InChI=1S/C19H24FNO4/c20-16-3-5-17(6-4-16)24-11-18(22)21-12-19(13-21)15(7-8-25-19)10-23-9-14-1-2-14/h3-6,14-15H,1-2,7-13H2. The topological polar surface area (TPSA) is 48.0 Å². The lowest BCUT2D eigenvalue weighted by Gasteiger charge is -2.50. The summed E-state index contributed by atoms with van der Waals surface area (Å²) in [5.41, 5.74) is -0.227. The molecule has 0 bridgehead atoms. The van der Waals surface area contributed by atoms with Gasteiger partial charge < -0.3 is 19.1 Å². The van der Waals surface area contributed by atoms with Crippen molar-refractivity contribution in [2.45, 2.75) is 24.9 Å². The minimum atomic E-state index is -0.323. The summed E-state index contributed by atoms with van der Waals surface area (Å²) >= 11 is 0. The highest BCUT2D eigenvalue weighted by molar-refractivity contribution is 5.79. The number of amides is 1. The van der Waals surface area contributed by atoms with E-state index in [0.29, 0.717) is 24.8 Å². The summed E-state index contributed by atoms with van der Waals surface area (Å²) in [6, 6.07) is 5.68. The normalized spacial score (nSPS) is 24.4. The van der Waals surface area contributed by atoms with Crippen molar-refractivity contribution in [2.75, 3.05) is 39.5 Å². The van der Waals surface area contributed by atoms with Crippen LogP contribution in [-0.2, 0) is 14.3 Å². The highest BCUT2D eigenvalue weighted by Crippen LogP contribution is 2.40. The van der Waals surface area contributed by atoms with Gasteiger partial charge in [0.25, 0.3) is 5.91 Å². The van der Waals surface area contributed by atoms with Crippen LogP contribution in [-0.4, -0.2) is 55.9 Å². The van der Waals surface area contributed by atoms with Crippen LogP contribution in [0, 0.1) is 17.7 Å². The van der Waals surface area contributed by atoms with Gasteiger partial charge >= 0.3 is 0 Å². The molecule has 0 radical (unpaired) electrons. The van der Waals surface area contributed by atoms with Crippen LogP contribution in [0.2, 0.25) is 0 Å². The van der Waals surface area contributed by atoms with Crippen molar-refractivity contribution in [1.29, 1.82) is 0 Å². The second-order valence-corrected chi connectivity index (χ2v) is 7.37.